The summed E-state index contributed by atoms with van der Waals surface area (Å²) in [6, 6.07) is 5.40. The van der Waals surface area contributed by atoms with Crippen LogP contribution in [-0.2, 0) is 6.42 Å². The topological polar surface area (TPSA) is 79.9 Å². The first-order chi connectivity index (χ1) is 8.72. The summed E-state index contributed by atoms with van der Waals surface area (Å²) in [5.41, 5.74) is 1.65. The molecule has 6 heteroatoms. The van der Waals surface area contributed by atoms with Gasteiger partial charge in [0.2, 0.25) is 5.95 Å². The number of aromatic amines is 1. The van der Waals surface area contributed by atoms with Gasteiger partial charge in [-0.1, -0.05) is 0 Å². The lowest BCUT2D eigenvalue weighted by atomic mass is 10.1. The zero-order valence-electron chi connectivity index (χ0n) is 9.86. The molecular formula is C12H12N4O2. The number of carbonyl (C=O) groups is 1. The maximum Gasteiger partial charge on any atom is 0.258 e. The van der Waals surface area contributed by atoms with Gasteiger partial charge in [-0.15, -0.1) is 5.10 Å². The molecule has 0 saturated carbocycles. The number of benzene rings is 1. The summed E-state index contributed by atoms with van der Waals surface area (Å²) in [6.45, 7) is 2.45. The van der Waals surface area contributed by atoms with Crippen LogP contribution in [0.2, 0.25) is 0 Å². The number of H-pyrrole nitrogens is 1. The van der Waals surface area contributed by atoms with Crippen molar-refractivity contribution in [3.8, 4) is 5.75 Å². The van der Waals surface area contributed by atoms with Gasteiger partial charge in [-0.05, 0) is 30.7 Å². The molecule has 6 nitrogen and oxygen atoms in total. The van der Waals surface area contributed by atoms with Crippen LogP contribution in [0.25, 0.3) is 0 Å². The van der Waals surface area contributed by atoms with E-state index in [2.05, 4.69) is 20.5 Å². The van der Waals surface area contributed by atoms with Gasteiger partial charge in [0.15, 0.2) is 0 Å². The van der Waals surface area contributed by atoms with Crippen molar-refractivity contribution in [2.45, 2.75) is 13.3 Å². The number of nitrogens with zero attached hydrogens (tertiary/aromatic N) is 2. The molecule has 0 saturated heterocycles. The largest absolute Gasteiger partial charge is 0.493 e. The number of hydrogen-bond acceptors (Lipinski definition) is 4. The zero-order chi connectivity index (χ0) is 12.5. The minimum absolute atomic E-state index is 0.219. The molecule has 0 unspecified atom stereocenters. The van der Waals surface area contributed by atoms with Gasteiger partial charge in [0.05, 0.1) is 6.61 Å². The fraction of sp³-hybridized carbons (Fsp3) is 0.250. The quantitative estimate of drug-likeness (QED) is 0.834. The Balaban J connectivity index is 1.80. The van der Waals surface area contributed by atoms with E-state index in [0.29, 0.717) is 18.0 Å². The molecular weight excluding hydrogens is 232 g/mol. The molecule has 3 rings (SSSR count). The third kappa shape index (κ3) is 1.92. The number of nitrogens with one attached hydrogen (secondary N) is 2. The van der Waals surface area contributed by atoms with Crippen LogP contribution in [0.5, 0.6) is 5.75 Å². The molecule has 2 N–H and O–H groups in total. The van der Waals surface area contributed by atoms with Crippen molar-refractivity contribution in [2.75, 3.05) is 11.9 Å². The van der Waals surface area contributed by atoms with Crippen molar-refractivity contribution in [2.24, 2.45) is 0 Å². The molecule has 0 atom stereocenters. The fourth-order valence-corrected chi connectivity index (χ4v) is 1.90. The number of anilines is 1. The smallest absolute Gasteiger partial charge is 0.258 e. The van der Waals surface area contributed by atoms with Crippen molar-refractivity contribution in [1.29, 1.82) is 0 Å². The molecule has 1 aliphatic heterocycles. The third-order valence-electron chi connectivity index (χ3n) is 2.77. The monoisotopic (exact) mass is 244 g/mol. The molecule has 0 fully saturated rings. The Bertz CT molecular complexity index is 606. The van der Waals surface area contributed by atoms with E-state index in [-0.39, 0.29) is 11.9 Å². The Morgan fingerprint density at radius 2 is 2.39 bits per heavy atom. The summed E-state index contributed by atoms with van der Waals surface area (Å²) in [6.07, 6.45) is 0.843. The van der Waals surface area contributed by atoms with Crippen molar-refractivity contribution in [1.82, 2.24) is 15.2 Å². The molecule has 0 radical (unpaired) electrons. The number of rotatable bonds is 2. The van der Waals surface area contributed by atoms with Gasteiger partial charge in [-0.3, -0.25) is 15.2 Å². The summed E-state index contributed by atoms with van der Waals surface area (Å²) in [4.78, 5) is 16.0. The highest BCUT2D eigenvalue weighted by atomic mass is 16.5. The Labute approximate surface area is 103 Å². The Morgan fingerprint density at radius 3 is 3.17 bits per heavy atom. The predicted molar refractivity (Wildman–Crippen MR) is 64.7 cm³/mol. The van der Waals surface area contributed by atoms with Crippen LogP contribution in [0.15, 0.2) is 18.2 Å². The summed E-state index contributed by atoms with van der Waals surface area (Å²) >= 11 is 0. The van der Waals surface area contributed by atoms with Crippen LogP contribution in [-0.4, -0.2) is 27.7 Å². The number of aryl methyl sites for hydroxylation is 1. The van der Waals surface area contributed by atoms with E-state index in [0.717, 1.165) is 17.7 Å². The van der Waals surface area contributed by atoms with E-state index in [1.54, 1.807) is 13.0 Å². The maximum absolute atomic E-state index is 12.0. The second-order valence-corrected chi connectivity index (χ2v) is 4.12. The van der Waals surface area contributed by atoms with E-state index >= 15 is 0 Å². The van der Waals surface area contributed by atoms with Gasteiger partial charge in [0, 0.05) is 12.0 Å². The van der Waals surface area contributed by atoms with E-state index in [4.69, 9.17) is 4.74 Å². The van der Waals surface area contributed by atoms with Crippen LogP contribution in [0.4, 0.5) is 5.95 Å². The van der Waals surface area contributed by atoms with Crippen LogP contribution in [0.3, 0.4) is 0 Å². The first kappa shape index (κ1) is 10.8. The van der Waals surface area contributed by atoms with E-state index in [1.807, 2.05) is 12.1 Å². The summed E-state index contributed by atoms with van der Waals surface area (Å²) in [5.74, 6) is 1.59. The van der Waals surface area contributed by atoms with Gasteiger partial charge >= 0.3 is 0 Å². The molecule has 2 aromatic rings. The molecule has 92 valence electrons. The van der Waals surface area contributed by atoms with Crippen molar-refractivity contribution >= 4 is 11.9 Å². The van der Waals surface area contributed by atoms with Gasteiger partial charge in [-0.2, -0.15) is 4.98 Å². The molecule has 1 amide bonds. The average Bonchev–Trinajstić information content (AvgIpc) is 2.96. The zero-order valence-corrected chi connectivity index (χ0v) is 9.86. The van der Waals surface area contributed by atoms with Gasteiger partial charge in [0.1, 0.15) is 11.6 Å². The number of hydrogen-bond donors (Lipinski definition) is 2. The average molecular weight is 244 g/mol. The minimum Gasteiger partial charge on any atom is -0.493 e. The van der Waals surface area contributed by atoms with Crippen molar-refractivity contribution in [3.05, 3.63) is 35.2 Å². The first-order valence-electron chi connectivity index (χ1n) is 5.68. The lowest BCUT2D eigenvalue weighted by Crippen LogP contribution is -2.13. The maximum atomic E-state index is 12.0. The molecule has 1 aromatic carbocycles. The minimum atomic E-state index is -0.219. The highest BCUT2D eigenvalue weighted by molar-refractivity contribution is 6.03. The molecule has 1 aliphatic rings. The summed E-state index contributed by atoms with van der Waals surface area (Å²) in [7, 11) is 0. The number of aromatic nitrogens is 3. The number of amides is 1. The second-order valence-electron chi connectivity index (χ2n) is 4.12. The van der Waals surface area contributed by atoms with Crippen molar-refractivity contribution in [3.63, 3.8) is 0 Å². The number of carbonyl (C=O) groups excluding carboxylic acids is 1. The van der Waals surface area contributed by atoms with Crippen LogP contribution in [0, 0.1) is 6.92 Å². The summed E-state index contributed by atoms with van der Waals surface area (Å²) < 4.78 is 5.39. The van der Waals surface area contributed by atoms with Crippen LogP contribution >= 0.6 is 0 Å². The molecule has 0 bridgehead atoms. The third-order valence-corrected chi connectivity index (χ3v) is 2.77. The molecule has 18 heavy (non-hydrogen) atoms. The molecule has 0 spiro atoms. The van der Waals surface area contributed by atoms with Crippen LogP contribution < -0.4 is 10.1 Å². The van der Waals surface area contributed by atoms with E-state index < -0.39 is 0 Å². The van der Waals surface area contributed by atoms with Gasteiger partial charge in [0.25, 0.3) is 5.91 Å². The molecule has 1 aromatic heterocycles. The number of fused-ring (bicyclic) bond motifs is 1. The second kappa shape index (κ2) is 4.14. The Kier molecular flexibility index (Phi) is 2.47. The lowest BCUT2D eigenvalue weighted by Gasteiger charge is -2.03. The Morgan fingerprint density at radius 1 is 1.50 bits per heavy atom. The summed E-state index contributed by atoms with van der Waals surface area (Å²) in [5, 5.41) is 9.17. The molecule has 2 heterocycles. The van der Waals surface area contributed by atoms with Gasteiger partial charge in [-0.25, -0.2) is 0 Å². The first-order valence-corrected chi connectivity index (χ1v) is 5.68. The highest BCUT2D eigenvalue weighted by Crippen LogP contribution is 2.25. The van der Waals surface area contributed by atoms with Gasteiger partial charge < -0.3 is 4.74 Å². The fourth-order valence-electron chi connectivity index (χ4n) is 1.90. The van der Waals surface area contributed by atoms with Crippen molar-refractivity contribution < 1.29 is 9.53 Å². The standard InChI is InChI=1S/C12H12N4O2/c1-7-13-12(16-15-7)14-11(17)9-2-3-10-8(6-9)4-5-18-10/h2-3,6H,4-5H2,1H3,(H2,13,14,15,16,17). The van der Waals surface area contributed by atoms with E-state index in [1.165, 1.54) is 0 Å². The highest BCUT2D eigenvalue weighted by Gasteiger charge is 2.15. The Hall–Kier alpha value is -2.37. The number of ether oxygens (including phenoxy) is 1. The van der Waals surface area contributed by atoms with E-state index in [9.17, 15) is 4.79 Å². The SMILES string of the molecule is Cc1nc(NC(=O)c2ccc3c(c2)CCO3)n[nH]1. The van der Waals surface area contributed by atoms with Crippen LogP contribution in [0.1, 0.15) is 21.7 Å². The lowest BCUT2D eigenvalue weighted by molar-refractivity contribution is 0.102. The predicted octanol–water partition coefficient (Wildman–Crippen LogP) is 1.30. The normalized spacial score (nSPS) is 12.9. The molecule has 0 aliphatic carbocycles.